The number of carbonyl (C=O) groups is 1. The van der Waals surface area contributed by atoms with Crippen LogP contribution in [0.2, 0.25) is 0 Å². The maximum Gasteiger partial charge on any atom is 0.228 e. The van der Waals surface area contributed by atoms with Crippen LogP contribution in [-0.4, -0.2) is 37.0 Å². The number of carbonyl (C=O) groups excluding carboxylic acids is 1. The normalized spacial score (nSPS) is 12.6. The molecule has 6 heteroatoms. The second kappa shape index (κ2) is 8.64. The second-order valence-corrected chi connectivity index (χ2v) is 4.48. The Morgan fingerprint density at radius 3 is 2.76 bits per heavy atom. The van der Waals surface area contributed by atoms with Crippen LogP contribution >= 0.6 is 0 Å². The smallest absolute Gasteiger partial charge is 0.228 e. The third kappa shape index (κ3) is 4.84. The number of rotatable bonds is 7. The highest BCUT2D eigenvalue weighted by molar-refractivity contribution is 5.78. The maximum atomic E-state index is 11.9. The number of terminal acetylenes is 1. The van der Waals surface area contributed by atoms with E-state index in [0.29, 0.717) is 0 Å². The van der Waals surface area contributed by atoms with E-state index in [2.05, 4.69) is 15.9 Å². The second-order valence-electron chi connectivity index (χ2n) is 4.48. The molecule has 0 aromatic heterocycles. The molecular formula is C15H18N4O2. The number of ether oxygens (including phenoxy) is 1. The van der Waals surface area contributed by atoms with Crippen LogP contribution in [0.1, 0.15) is 18.6 Å². The molecule has 2 atom stereocenters. The molecule has 0 N–H and O–H groups in total. The summed E-state index contributed by atoms with van der Waals surface area (Å²) in [5.74, 6) is 2.16. The van der Waals surface area contributed by atoms with E-state index in [-0.39, 0.29) is 31.2 Å². The van der Waals surface area contributed by atoms with Crippen molar-refractivity contribution in [1.82, 2.24) is 4.90 Å². The van der Waals surface area contributed by atoms with E-state index in [0.717, 1.165) is 5.56 Å². The Bertz CT molecular complexity index is 547. The van der Waals surface area contributed by atoms with Crippen molar-refractivity contribution in [2.24, 2.45) is 5.11 Å². The first-order chi connectivity index (χ1) is 10.1. The predicted octanol–water partition coefficient (Wildman–Crippen LogP) is 2.53. The topological polar surface area (TPSA) is 78.3 Å². The Morgan fingerprint density at radius 2 is 2.19 bits per heavy atom. The highest BCUT2D eigenvalue weighted by Gasteiger charge is 2.26. The quantitative estimate of drug-likeness (QED) is 0.334. The summed E-state index contributed by atoms with van der Waals surface area (Å²) < 4.78 is 5.68. The van der Waals surface area contributed by atoms with Gasteiger partial charge in [0.2, 0.25) is 5.91 Å². The number of likely N-dealkylation sites (N-methyl/N-ethyl adjacent to an activating group) is 1. The first kappa shape index (κ1) is 16.6. The van der Waals surface area contributed by atoms with Crippen molar-refractivity contribution in [1.29, 1.82) is 0 Å². The van der Waals surface area contributed by atoms with E-state index >= 15 is 0 Å². The van der Waals surface area contributed by atoms with Crippen molar-refractivity contribution in [2.45, 2.75) is 19.1 Å². The number of hydrogen-bond donors (Lipinski definition) is 0. The van der Waals surface area contributed by atoms with Crippen LogP contribution in [0.4, 0.5) is 0 Å². The number of nitrogens with zero attached hydrogens (tertiary/aromatic N) is 4. The average molecular weight is 286 g/mol. The SMILES string of the molecule is C#CCO[C@H](c1ccccc1)[C@H](C)N(C)C(=O)CN=[N+]=[N-]. The molecule has 110 valence electrons. The van der Waals surface area contributed by atoms with Crippen molar-refractivity contribution in [3.05, 3.63) is 46.3 Å². The summed E-state index contributed by atoms with van der Waals surface area (Å²) in [7, 11) is 1.65. The molecule has 0 heterocycles. The number of azide groups is 1. The third-order valence-corrected chi connectivity index (χ3v) is 3.19. The Morgan fingerprint density at radius 1 is 1.52 bits per heavy atom. The van der Waals surface area contributed by atoms with Gasteiger partial charge in [0.15, 0.2) is 0 Å². The third-order valence-electron chi connectivity index (χ3n) is 3.19. The molecule has 0 aliphatic carbocycles. The monoisotopic (exact) mass is 286 g/mol. The molecule has 0 unspecified atom stereocenters. The highest BCUT2D eigenvalue weighted by atomic mass is 16.5. The van der Waals surface area contributed by atoms with Gasteiger partial charge in [-0.2, -0.15) is 0 Å². The highest BCUT2D eigenvalue weighted by Crippen LogP contribution is 2.24. The predicted molar refractivity (Wildman–Crippen MR) is 80.2 cm³/mol. The fourth-order valence-electron chi connectivity index (χ4n) is 1.93. The lowest BCUT2D eigenvalue weighted by Crippen LogP contribution is -2.41. The number of benzene rings is 1. The van der Waals surface area contributed by atoms with E-state index in [9.17, 15) is 4.79 Å². The summed E-state index contributed by atoms with van der Waals surface area (Å²) in [5, 5.41) is 3.29. The van der Waals surface area contributed by atoms with Crippen LogP contribution in [0.3, 0.4) is 0 Å². The van der Waals surface area contributed by atoms with Crippen LogP contribution < -0.4 is 0 Å². The summed E-state index contributed by atoms with van der Waals surface area (Å²) in [4.78, 5) is 16.0. The molecule has 1 rings (SSSR count). The van der Waals surface area contributed by atoms with Gasteiger partial charge in [-0.05, 0) is 18.0 Å². The summed E-state index contributed by atoms with van der Waals surface area (Å²) in [6.45, 7) is 1.80. The average Bonchev–Trinajstić information content (AvgIpc) is 2.53. The zero-order valence-electron chi connectivity index (χ0n) is 12.1. The largest absolute Gasteiger partial charge is 0.359 e. The molecule has 6 nitrogen and oxygen atoms in total. The van der Waals surface area contributed by atoms with Crippen LogP contribution in [0.25, 0.3) is 10.4 Å². The summed E-state index contributed by atoms with van der Waals surface area (Å²) in [6.07, 6.45) is 4.90. The lowest BCUT2D eigenvalue weighted by molar-refractivity contribution is -0.133. The van der Waals surface area contributed by atoms with Gasteiger partial charge in [0.05, 0.1) is 6.04 Å². The molecule has 0 bridgehead atoms. The summed E-state index contributed by atoms with van der Waals surface area (Å²) >= 11 is 0. The Labute approximate surface area is 124 Å². The lowest BCUT2D eigenvalue weighted by Gasteiger charge is -2.31. The Balaban J connectivity index is 2.89. The fraction of sp³-hybridized carbons (Fsp3) is 0.400. The standard InChI is InChI=1S/C15H18N4O2/c1-4-10-21-15(13-8-6-5-7-9-13)12(2)19(3)14(20)11-17-18-16/h1,5-9,12,15H,10-11H2,2-3H3/t12-,15-/m0/s1. The molecule has 1 aromatic carbocycles. The van der Waals surface area contributed by atoms with Gasteiger partial charge in [0, 0.05) is 12.0 Å². The van der Waals surface area contributed by atoms with Crippen LogP contribution in [0.15, 0.2) is 35.4 Å². The molecule has 0 radical (unpaired) electrons. The van der Waals surface area contributed by atoms with Gasteiger partial charge < -0.3 is 9.64 Å². The fourth-order valence-corrected chi connectivity index (χ4v) is 1.93. The summed E-state index contributed by atoms with van der Waals surface area (Å²) in [6, 6.07) is 9.30. The van der Waals surface area contributed by atoms with E-state index < -0.39 is 0 Å². The van der Waals surface area contributed by atoms with Crippen LogP contribution in [0.5, 0.6) is 0 Å². The van der Waals surface area contributed by atoms with E-state index in [1.165, 1.54) is 4.90 Å². The molecule has 0 fully saturated rings. The van der Waals surface area contributed by atoms with Gasteiger partial charge in [-0.3, -0.25) is 4.79 Å². The summed E-state index contributed by atoms with van der Waals surface area (Å²) in [5.41, 5.74) is 9.21. The molecule has 21 heavy (non-hydrogen) atoms. The molecule has 0 spiro atoms. The van der Waals surface area contributed by atoms with E-state index in [4.69, 9.17) is 16.7 Å². The first-order valence-electron chi connectivity index (χ1n) is 6.48. The van der Waals surface area contributed by atoms with Crippen molar-refractivity contribution in [2.75, 3.05) is 20.2 Å². The molecule has 0 aliphatic rings. The van der Waals surface area contributed by atoms with Crippen molar-refractivity contribution in [3.63, 3.8) is 0 Å². The minimum Gasteiger partial charge on any atom is -0.359 e. The molecule has 0 aliphatic heterocycles. The molecule has 1 aromatic rings. The van der Waals surface area contributed by atoms with Gasteiger partial charge in [0.25, 0.3) is 0 Å². The maximum absolute atomic E-state index is 11.9. The van der Waals surface area contributed by atoms with Crippen molar-refractivity contribution >= 4 is 5.91 Å². The van der Waals surface area contributed by atoms with Crippen molar-refractivity contribution < 1.29 is 9.53 Å². The van der Waals surface area contributed by atoms with Gasteiger partial charge >= 0.3 is 0 Å². The zero-order valence-corrected chi connectivity index (χ0v) is 12.1. The molecule has 1 amide bonds. The Kier molecular flexibility index (Phi) is 6.82. The van der Waals surface area contributed by atoms with E-state index in [1.54, 1.807) is 7.05 Å². The van der Waals surface area contributed by atoms with E-state index in [1.807, 2.05) is 37.3 Å². The Hall–Kier alpha value is -2.48. The first-order valence-corrected chi connectivity index (χ1v) is 6.48. The van der Waals surface area contributed by atoms with Gasteiger partial charge in [-0.25, -0.2) is 0 Å². The van der Waals surface area contributed by atoms with Crippen molar-refractivity contribution in [3.8, 4) is 12.3 Å². The van der Waals surface area contributed by atoms with Crippen LogP contribution in [0, 0.1) is 12.3 Å². The number of amides is 1. The lowest BCUT2D eigenvalue weighted by atomic mass is 10.0. The van der Waals surface area contributed by atoms with Crippen LogP contribution in [-0.2, 0) is 9.53 Å². The molecule has 0 saturated carbocycles. The minimum atomic E-state index is -0.345. The van der Waals surface area contributed by atoms with Gasteiger partial charge in [-0.15, -0.1) is 6.42 Å². The van der Waals surface area contributed by atoms with Gasteiger partial charge in [-0.1, -0.05) is 41.4 Å². The zero-order chi connectivity index (χ0) is 15.7. The molecular weight excluding hydrogens is 268 g/mol. The molecule has 0 saturated heterocycles. The number of hydrogen-bond acceptors (Lipinski definition) is 3. The minimum absolute atomic E-state index is 0.155. The van der Waals surface area contributed by atoms with Gasteiger partial charge in [0.1, 0.15) is 19.3 Å².